The van der Waals surface area contributed by atoms with Crippen molar-refractivity contribution in [1.29, 1.82) is 0 Å². The number of fused-ring (bicyclic) bond motifs is 1. The number of alkyl halides is 1. The van der Waals surface area contributed by atoms with Crippen LogP contribution in [0.2, 0.25) is 0 Å². The molecule has 1 unspecified atom stereocenters. The van der Waals surface area contributed by atoms with Crippen molar-refractivity contribution in [2.24, 2.45) is 11.8 Å². The van der Waals surface area contributed by atoms with Crippen molar-refractivity contribution in [3.63, 3.8) is 0 Å². The third-order valence-corrected chi connectivity index (χ3v) is 7.73. The minimum Gasteiger partial charge on any atom is -0.466 e. The zero-order valence-electron chi connectivity index (χ0n) is 18.5. The number of hydrogen-bond donors (Lipinski definition) is 2. The van der Waals surface area contributed by atoms with Crippen LogP contribution in [-0.4, -0.2) is 70.1 Å². The van der Waals surface area contributed by atoms with Crippen molar-refractivity contribution in [2.45, 2.75) is 56.2 Å². The van der Waals surface area contributed by atoms with Gasteiger partial charge < -0.3 is 24.8 Å². The Morgan fingerprint density at radius 2 is 2.03 bits per heavy atom. The number of nitrogens with one attached hydrogen (secondary N) is 1. The van der Waals surface area contributed by atoms with Crippen LogP contribution in [-0.2, 0) is 23.9 Å². The van der Waals surface area contributed by atoms with E-state index in [2.05, 4.69) is 21.2 Å². The Morgan fingerprint density at radius 1 is 1.34 bits per heavy atom. The molecule has 2 amide bonds. The summed E-state index contributed by atoms with van der Waals surface area (Å²) < 4.78 is 11.6. The number of benzene rings is 1. The van der Waals surface area contributed by atoms with Crippen LogP contribution in [0, 0.1) is 25.7 Å². The van der Waals surface area contributed by atoms with Crippen LogP contribution in [0.25, 0.3) is 0 Å². The van der Waals surface area contributed by atoms with Crippen molar-refractivity contribution in [1.82, 2.24) is 4.90 Å². The highest BCUT2D eigenvalue weighted by atomic mass is 79.9. The van der Waals surface area contributed by atoms with Gasteiger partial charge in [-0.05, 0) is 44.7 Å². The summed E-state index contributed by atoms with van der Waals surface area (Å²) in [5.41, 5.74) is 1.41. The molecular formula is C23H29BrN2O6. The standard InChI is InChI=1S/C23H29BrN2O6/c1-4-31-22(30)15-16-21(29)26(9-6-10-27)19(23(16)11-14(24)18(15)32-23)20(28)25-17-12(2)7-5-8-13(17)3/h5,7-8,14-16,18-19,27H,4,6,9-11H2,1-3H3,(H,25,28)/t14?,15-,16+,18-,19-,23+/m1/s1. The first-order valence-electron chi connectivity index (χ1n) is 11.0. The zero-order chi connectivity index (χ0) is 23.2. The predicted molar refractivity (Wildman–Crippen MR) is 120 cm³/mol. The molecule has 3 aliphatic rings. The maximum absolute atomic E-state index is 13.7. The van der Waals surface area contributed by atoms with E-state index in [1.807, 2.05) is 32.0 Å². The lowest BCUT2D eigenvalue weighted by Gasteiger charge is -2.34. The summed E-state index contributed by atoms with van der Waals surface area (Å²) in [4.78, 5) is 41.4. The molecule has 6 atom stereocenters. The summed E-state index contributed by atoms with van der Waals surface area (Å²) in [6.07, 6.45) is 0.232. The molecule has 0 aromatic heterocycles. The first kappa shape index (κ1) is 23.2. The van der Waals surface area contributed by atoms with Gasteiger partial charge in [0.2, 0.25) is 11.8 Å². The summed E-state index contributed by atoms with van der Waals surface area (Å²) in [5.74, 6) is -2.66. The van der Waals surface area contributed by atoms with E-state index in [9.17, 15) is 19.5 Å². The highest BCUT2D eigenvalue weighted by Gasteiger charge is 2.76. The SMILES string of the molecule is CCOC(=O)[C@H]1[C@@H]2O[C@@]3(CC2Br)[C@@H]1C(=O)N(CCCO)[C@@H]3C(=O)Nc1c(C)cccc1C. The van der Waals surface area contributed by atoms with Gasteiger partial charge in [-0.2, -0.15) is 0 Å². The Balaban J connectivity index is 1.73. The molecule has 9 heteroatoms. The van der Waals surface area contributed by atoms with Gasteiger partial charge in [0, 0.05) is 23.7 Å². The normalized spacial score (nSPS) is 32.8. The van der Waals surface area contributed by atoms with Gasteiger partial charge in [0.1, 0.15) is 11.6 Å². The van der Waals surface area contributed by atoms with E-state index in [-0.39, 0.29) is 36.4 Å². The topological polar surface area (TPSA) is 105 Å². The number of hydrogen-bond acceptors (Lipinski definition) is 6. The molecular weight excluding hydrogens is 480 g/mol. The molecule has 0 saturated carbocycles. The van der Waals surface area contributed by atoms with E-state index in [1.165, 1.54) is 4.90 Å². The van der Waals surface area contributed by atoms with Gasteiger partial charge in [0.15, 0.2) is 0 Å². The number of likely N-dealkylation sites (tertiary alicyclic amines) is 1. The summed E-state index contributed by atoms with van der Waals surface area (Å²) in [5, 5.41) is 12.4. The number of aliphatic hydroxyl groups excluding tert-OH is 1. The Hall–Kier alpha value is -1.97. The molecule has 2 bridgehead atoms. The zero-order valence-corrected chi connectivity index (χ0v) is 20.1. The average Bonchev–Trinajstić information content (AvgIpc) is 3.33. The summed E-state index contributed by atoms with van der Waals surface area (Å²) >= 11 is 3.61. The number of carbonyl (C=O) groups is 3. The number of para-hydroxylation sites is 1. The quantitative estimate of drug-likeness (QED) is 0.430. The number of carbonyl (C=O) groups excluding carboxylic acids is 3. The van der Waals surface area contributed by atoms with E-state index < -0.39 is 35.6 Å². The molecule has 3 aliphatic heterocycles. The number of amides is 2. The van der Waals surface area contributed by atoms with Gasteiger partial charge in [-0.15, -0.1) is 0 Å². The molecule has 1 spiro atoms. The van der Waals surface area contributed by atoms with Crippen LogP contribution in [0.15, 0.2) is 18.2 Å². The van der Waals surface area contributed by atoms with Gasteiger partial charge in [-0.3, -0.25) is 14.4 Å². The number of esters is 1. The summed E-state index contributed by atoms with van der Waals surface area (Å²) in [7, 11) is 0. The third kappa shape index (κ3) is 3.45. The van der Waals surface area contributed by atoms with Crippen LogP contribution in [0.4, 0.5) is 5.69 Å². The number of aliphatic hydroxyl groups is 1. The Labute approximate surface area is 195 Å². The fourth-order valence-corrected chi connectivity index (χ4v) is 6.57. The van der Waals surface area contributed by atoms with Crippen LogP contribution < -0.4 is 5.32 Å². The number of aryl methyl sites for hydroxylation is 2. The molecule has 0 aliphatic carbocycles. The molecule has 2 N–H and O–H groups in total. The molecule has 3 heterocycles. The highest BCUT2D eigenvalue weighted by Crippen LogP contribution is 2.60. The van der Waals surface area contributed by atoms with Crippen LogP contribution >= 0.6 is 15.9 Å². The first-order valence-corrected chi connectivity index (χ1v) is 11.9. The van der Waals surface area contributed by atoms with Crippen LogP contribution in [0.3, 0.4) is 0 Å². The maximum Gasteiger partial charge on any atom is 0.312 e. The van der Waals surface area contributed by atoms with Crippen molar-refractivity contribution >= 4 is 39.4 Å². The molecule has 3 saturated heterocycles. The van der Waals surface area contributed by atoms with Crippen molar-refractivity contribution < 1.29 is 29.0 Å². The fourth-order valence-electron chi connectivity index (χ4n) is 5.62. The van der Waals surface area contributed by atoms with Crippen LogP contribution in [0.1, 0.15) is 30.9 Å². The second kappa shape index (κ2) is 8.76. The second-order valence-electron chi connectivity index (χ2n) is 8.78. The van der Waals surface area contributed by atoms with Gasteiger partial charge >= 0.3 is 5.97 Å². The average molecular weight is 509 g/mol. The molecule has 3 fully saturated rings. The van der Waals surface area contributed by atoms with Crippen molar-refractivity contribution in [2.75, 3.05) is 25.1 Å². The molecule has 4 rings (SSSR count). The van der Waals surface area contributed by atoms with E-state index in [4.69, 9.17) is 9.47 Å². The van der Waals surface area contributed by atoms with E-state index in [1.54, 1.807) is 6.92 Å². The van der Waals surface area contributed by atoms with Gasteiger partial charge in [0.05, 0.1) is 24.5 Å². The molecule has 8 nitrogen and oxygen atoms in total. The maximum atomic E-state index is 13.7. The largest absolute Gasteiger partial charge is 0.466 e. The highest BCUT2D eigenvalue weighted by molar-refractivity contribution is 9.09. The molecule has 174 valence electrons. The lowest BCUT2D eigenvalue weighted by molar-refractivity contribution is -0.154. The lowest BCUT2D eigenvalue weighted by Crippen LogP contribution is -2.54. The van der Waals surface area contributed by atoms with E-state index in [0.717, 1.165) is 11.1 Å². The first-order chi connectivity index (χ1) is 15.3. The minimum atomic E-state index is -1.12. The molecule has 1 aromatic carbocycles. The van der Waals surface area contributed by atoms with Gasteiger partial charge in [-0.1, -0.05) is 34.1 Å². The second-order valence-corrected chi connectivity index (χ2v) is 9.96. The fraction of sp³-hybridized carbons (Fsp3) is 0.609. The Bertz CT molecular complexity index is 919. The predicted octanol–water partition coefficient (Wildman–Crippen LogP) is 1.94. The number of anilines is 1. The van der Waals surface area contributed by atoms with Crippen molar-refractivity contribution in [3.8, 4) is 0 Å². The van der Waals surface area contributed by atoms with Gasteiger partial charge in [0.25, 0.3) is 0 Å². The third-order valence-electron chi connectivity index (χ3n) is 6.88. The number of rotatable bonds is 7. The lowest BCUT2D eigenvalue weighted by atomic mass is 9.70. The molecule has 32 heavy (non-hydrogen) atoms. The Morgan fingerprint density at radius 3 is 2.66 bits per heavy atom. The number of ether oxygens (including phenoxy) is 2. The van der Waals surface area contributed by atoms with E-state index in [0.29, 0.717) is 18.5 Å². The monoisotopic (exact) mass is 508 g/mol. The minimum absolute atomic E-state index is 0.113. The van der Waals surface area contributed by atoms with Crippen molar-refractivity contribution in [3.05, 3.63) is 29.3 Å². The number of halogens is 1. The summed E-state index contributed by atoms with van der Waals surface area (Å²) in [6, 6.07) is 4.84. The summed E-state index contributed by atoms with van der Waals surface area (Å²) in [6.45, 7) is 5.84. The molecule has 1 aromatic rings. The number of nitrogens with zero attached hydrogens (tertiary/aromatic N) is 1. The van der Waals surface area contributed by atoms with E-state index >= 15 is 0 Å². The molecule has 0 radical (unpaired) electrons. The Kier molecular flexibility index (Phi) is 6.35. The van der Waals surface area contributed by atoms with Gasteiger partial charge in [-0.25, -0.2) is 0 Å². The smallest absolute Gasteiger partial charge is 0.312 e. The van der Waals surface area contributed by atoms with Crippen LogP contribution in [0.5, 0.6) is 0 Å².